The van der Waals surface area contributed by atoms with E-state index in [0.29, 0.717) is 0 Å². The van der Waals surface area contributed by atoms with E-state index in [1.165, 1.54) is 0 Å². The van der Waals surface area contributed by atoms with Crippen LogP contribution in [0.25, 0.3) is 0 Å². The number of ether oxygens (including phenoxy) is 2. The first-order valence-corrected chi connectivity index (χ1v) is 8.36. The number of rotatable bonds is 5. The highest BCUT2D eigenvalue weighted by molar-refractivity contribution is 8.00. The van der Waals surface area contributed by atoms with E-state index in [-0.39, 0.29) is 25.6 Å². The molecule has 10 heteroatoms. The summed E-state index contributed by atoms with van der Waals surface area (Å²) in [6.07, 6.45) is -0.551. The molecule has 24 heavy (non-hydrogen) atoms. The summed E-state index contributed by atoms with van der Waals surface area (Å²) in [6, 6.07) is 0. The molecular formula is C14H19FN2O6S. The highest BCUT2D eigenvalue weighted by Gasteiger charge is 2.39. The fourth-order valence-corrected chi connectivity index (χ4v) is 3.65. The van der Waals surface area contributed by atoms with Crippen LogP contribution in [0.15, 0.2) is 15.8 Å². The van der Waals surface area contributed by atoms with Crippen LogP contribution in [-0.2, 0) is 9.47 Å². The summed E-state index contributed by atoms with van der Waals surface area (Å²) in [7, 11) is 0. The lowest BCUT2D eigenvalue weighted by Gasteiger charge is -2.17. The molecule has 1 aliphatic heterocycles. The second-order valence-corrected chi connectivity index (χ2v) is 7.22. The molecule has 3 atom stereocenters. The molecule has 0 bridgehead atoms. The molecule has 0 amide bonds. The first kappa shape index (κ1) is 18.5. The second-order valence-electron chi connectivity index (χ2n) is 5.80. The van der Waals surface area contributed by atoms with E-state index in [2.05, 4.69) is 0 Å². The molecule has 0 aromatic carbocycles. The predicted octanol–water partition coefficient (Wildman–Crippen LogP) is 0.850. The van der Waals surface area contributed by atoms with Gasteiger partial charge in [-0.1, -0.05) is 13.8 Å². The Kier molecular flexibility index (Phi) is 6.05. The number of H-pyrrole nitrogens is 1. The number of hydrogen-bond donors (Lipinski definition) is 2. The molecule has 2 N–H and O–H groups in total. The van der Waals surface area contributed by atoms with Crippen LogP contribution >= 0.6 is 11.8 Å². The van der Waals surface area contributed by atoms with Crippen LogP contribution in [0.1, 0.15) is 25.6 Å². The molecule has 2 rings (SSSR count). The summed E-state index contributed by atoms with van der Waals surface area (Å²) >= 11 is 1.16. The van der Waals surface area contributed by atoms with Crippen molar-refractivity contribution in [3.05, 3.63) is 32.9 Å². The number of aromatic nitrogens is 2. The Morgan fingerprint density at radius 3 is 2.88 bits per heavy atom. The number of aromatic amines is 1. The summed E-state index contributed by atoms with van der Waals surface area (Å²) in [4.78, 5) is 36.4. The van der Waals surface area contributed by atoms with Crippen LogP contribution in [0.2, 0.25) is 0 Å². The van der Waals surface area contributed by atoms with Gasteiger partial charge in [-0.05, 0) is 5.92 Å². The number of aliphatic hydroxyl groups excluding tert-OH is 1. The Balaban J connectivity index is 2.09. The first-order chi connectivity index (χ1) is 11.3. The lowest BCUT2D eigenvalue weighted by molar-refractivity contribution is 0.0118. The van der Waals surface area contributed by atoms with E-state index in [1.54, 1.807) is 0 Å². The van der Waals surface area contributed by atoms with Crippen molar-refractivity contribution in [2.45, 2.75) is 37.0 Å². The summed E-state index contributed by atoms with van der Waals surface area (Å²) < 4.78 is 24.5. The maximum atomic E-state index is 13.4. The molecule has 0 radical (unpaired) electrons. The lowest BCUT2D eigenvalue weighted by Crippen LogP contribution is -2.33. The van der Waals surface area contributed by atoms with Gasteiger partial charge in [0.1, 0.15) is 6.10 Å². The van der Waals surface area contributed by atoms with Gasteiger partial charge >= 0.3 is 11.8 Å². The van der Waals surface area contributed by atoms with Gasteiger partial charge in [0.2, 0.25) is 5.82 Å². The molecule has 2 heterocycles. The Labute approximate surface area is 141 Å². The van der Waals surface area contributed by atoms with E-state index < -0.39 is 39.9 Å². The average molecular weight is 362 g/mol. The number of nitrogens with one attached hydrogen (secondary N) is 1. The van der Waals surface area contributed by atoms with Crippen LogP contribution in [-0.4, -0.2) is 45.4 Å². The monoisotopic (exact) mass is 362 g/mol. The Bertz CT molecular complexity index is 703. The highest BCUT2D eigenvalue weighted by Crippen LogP contribution is 2.42. The summed E-state index contributed by atoms with van der Waals surface area (Å²) in [5.74, 6) is -0.934. The minimum atomic E-state index is -1.09. The summed E-state index contributed by atoms with van der Waals surface area (Å²) in [5.41, 5.74) is -1.86. The molecule has 1 fully saturated rings. The molecule has 1 aromatic heterocycles. The molecule has 0 spiro atoms. The van der Waals surface area contributed by atoms with Crippen LogP contribution < -0.4 is 11.2 Å². The molecule has 1 aromatic rings. The lowest BCUT2D eigenvalue weighted by atomic mass is 10.2. The molecule has 134 valence electrons. The molecule has 1 aliphatic rings. The van der Waals surface area contributed by atoms with Gasteiger partial charge in [0.25, 0.3) is 5.56 Å². The number of thioether (sulfide) groups is 1. The molecule has 0 unspecified atom stereocenters. The zero-order valence-electron chi connectivity index (χ0n) is 13.2. The topological polar surface area (TPSA) is 111 Å². The molecule has 0 aliphatic carbocycles. The highest BCUT2D eigenvalue weighted by atomic mass is 32.2. The second kappa shape index (κ2) is 7.84. The molecule has 8 nitrogen and oxygen atoms in total. The van der Waals surface area contributed by atoms with Gasteiger partial charge in [-0.25, -0.2) is 9.59 Å². The minimum absolute atomic E-state index is 0.152. The van der Waals surface area contributed by atoms with Crippen molar-refractivity contribution < 1.29 is 23.8 Å². The molecular weight excluding hydrogens is 343 g/mol. The van der Waals surface area contributed by atoms with Crippen molar-refractivity contribution in [2.75, 3.05) is 13.2 Å². The SMILES string of the molecule is CC(C)COC(=O)O[C@H]1C[C@H](n2cc(F)c(=O)[nH]c2=O)S[C@@H]1CO. The van der Waals surface area contributed by atoms with Crippen molar-refractivity contribution in [3.63, 3.8) is 0 Å². The average Bonchev–Trinajstić information content (AvgIpc) is 2.91. The van der Waals surface area contributed by atoms with Crippen molar-refractivity contribution in [3.8, 4) is 0 Å². The van der Waals surface area contributed by atoms with Crippen LogP contribution in [0, 0.1) is 11.7 Å². The fraction of sp³-hybridized carbons (Fsp3) is 0.643. The third kappa shape index (κ3) is 4.38. The Morgan fingerprint density at radius 2 is 2.25 bits per heavy atom. The largest absolute Gasteiger partial charge is 0.508 e. The predicted molar refractivity (Wildman–Crippen MR) is 84.5 cm³/mol. The van der Waals surface area contributed by atoms with Crippen LogP contribution in [0.3, 0.4) is 0 Å². The third-order valence-corrected chi connectivity index (χ3v) is 4.91. The number of aliphatic hydroxyl groups is 1. The van der Waals surface area contributed by atoms with Gasteiger partial charge in [-0.2, -0.15) is 4.39 Å². The smallest absolute Gasteiger partial charge is 0.434 e. The van der Waals surface area contributed by atoms with Crippen LogP contribution in [0.4, 0.5) is 9.18 Å². The zero-order chi connectivity index (χ0) is 17.9. The Morgan fingerprint density at radius 1 is 1.54 bits per heavy atom. The van der Waals surface area contributed by atoms with Gasteiger partial charge in [-0.3, -0.25) is 14.3 Å². The van der Waals surface area contributed by atoms with Gasteiger partial charge in [0.05, 0.1) is 30.0 Å². The minimum Gasteiger partial charge on any atom is -0.434 e. The first-order valence-electron chi connectivity index (χ1n) is 7.42. The fourth-order valence-electron chi connectivity index (χ4n) is 2.23. The number of halogens is 1. The van der Waals surface area contributed by atoms with Gasteiger partial charge in [0, 0.05) is 6.42 Å². The maximum absolute atomic E-state index is 13.4. The van der Waals surface area contributed by atoms with E-state index in [1.807, 2.05) is 18.8 Å². The van der Waals surface area contributed by atoms with Gasteiger partial charge in [-0.15, -0.1) is 11.8 Å². The summed E-state index contributed by atoms with van der Waals surface area (Å²) in [5, 5.41) is 8.37. The number of hydrogen-bond acceptors (Lipinski definition) is 7. The number of nitrogens with zero attached hydrogens (tertiary/aromatic N) is 1. The quantitative estimate of drug-likeness (QED) is 0.747. The number of carbonyl (C=O) groups excluding carboxylic acids is 1. The molecule has 0 saturated carbocycles. The number of carbonyl (C=O) groups is 1. The van der Waals surface area contributed by atoms with Crippen molar-refractivity contribution >= 4 is 17.9 Å². The van der Waals surface area contributed by atoms with E-state index >= 15 is 0 Å². The standard InChI is InChI=1S/C14H19FN2O6S/c1-7(2)6-22-14(21)23-9-3-11(24-10(9)5-18)17-4-8(15)12(19)16-13(17)20/h4,7,9-11,18H,3,5-6H2,1-2H3,(H,16,19,20)/t9-,10+,11+/m0/s1. The summed E-state index contributed by atoms with van der Waals surface area (Å²) in [6.45, 7) is 3.67. The van der Waals surface area contributed by atoms with E-state index in [9.17, 15) is 23.9 Å². The van der Waals surface area contributed by atoms with Crippen molar-refractivity contribution in [1.82, 2.24) is 9.55 Å². The van der Waals surface area contributed by atoms with Crippen LogP contribution in [0.5, 0.6) is 0 Å². The normalized spacial score (nSPS) is 23.5. The molecule has 1 saturated heterocycles. The van der Waals surface area contributed by atoms with E-state index in [4.69, 9.17) is 9.47 Å². The third-order valence-electron chi connectivity index (χ3n) is 3.38. The van der Waals surface area contributed by atoms with Gasteiger partial charge < -0.3 is 14.6 Å². The van der Waals surface area contributed by atoms with Crippen molar-refractivity contribution in [2.24, 2.45) is 5.92 Å². The van der Waals surface area contributed by atoms with E-state index in [0.717, 1.165) is 22.5 Å². The maximum Gasteiger partial charge on any atom is 0.508 e. The van der Waals surface area contributed by atoms with Crippen molar-refractivity contribution in [1.29, 1.82) is 0 Å². The Hall–Kier alpha value is -1.81. The van der Waals surface area contributed by atoms with Gasteiger partial charge in [0.15, 0.2) is 0 Å². The zero-order valence-corrected chi connectivity index (χ0v) is 14.0.